The molecule has 1 heterocycles. The minimum atomic E-state index is -0.103. The lowest BCUT2D eigenvalue weighted by atomic mass is 9.89. The lowest BCUT2D eigenvalue weighted by Crippen LogP contribution is -2.32. The van der Waals surface area contributed by atoms with Crippen LogP contribution in [0.25, 0.3) is 0 Å². The number of amides is 1. The van der Waals surface area contributed by atoms with E-state index in [9.17, 15) is 4.79 Å². The van der Waals surface area contributed by atoms with Crippen molar-refractivity contribution in [1.82, 2.24) is 4.90 Å². The van der Waals surface area contributed by atoms with E-state index in [1.807, 2.05) is 18.2 Å². The summed E-state index contributed by atoms with van der Waals surface area (Å²) in [5.74, 6) is 0.604. The molecule has 1 fully saturated rings. The molecule has 1 amide bonds. The number of halogens is 3. The van der Waals surface area contributed by atoms with Crippen LogP contribution >= 0.6 is 35.6 Å². The van der Waals surface area contributed by atoms with Crippen LogP contribution in [0.1, 0.15) is 11.5 Å². The van der Waals surface area contributed by atoms with Crippen LogP contribution in [0.5, 0.6) is 0 Å². The molecule has 140 valence electrons. The van der Waals surface area contributed by atoms with Crippen LogP contribution in [0.4, 0.5) is 5.69 Å². The summed E-state index contributed by atoms with van der Waals surface area (Å²) in [6.07, 6.45) is 0. The Morgan fingerprint density at radius 3 is 2.54 bits per heavy atom. The van der Waals surface area contributed by atoms with Gasteiger partial charge in [0, 0.05) is 19.0 Å². The van der Waals surface area contributed by atoms with Crippen molar-refractivity contribution in [1.29, 1.82) is 0 Å². The molecule has 1 aliphatic rings. The second-order valence-electron chi connectivity index (χ2n) is 6.36. The monoisotopic (exact) mass is 413 g/mol. The number of nitrogens with one attached hydrogen (secondary N) is 1. The highest BCUT2D eigenvalue weighted by atomic mass is 35.5. The fourth-order valence-electron chi connectivity index (χ4n) is 3.40. The zero-order valence-corrected chi connectivity index (χ0v) is 16.5. The summed E-state index contributed by atoms with van der Waals surface area (Å²) < 4.78 is 0. The molecule has 3 rings (SSSR count). The third kappa shape index (κ3) is 4.90. The molecule has 2 aromatic rings. The van der Waals surface area contributed by atoms with E-state index in [4.69, 9.17) is 28.9 Å². The van der Waals surface area contributed by atoms with Crippen LogP contribution in [-0.2, 0) is 4.79 Å². The van der Waals surface area contributed by atoms with E-state index >= 15 is 0 Å². The average molecular weight is 415 g/mol. The third-order valence-corrected chi connectivity index (χ3v) is 5.46. The van der Waals surface area contributed by atoms with Gasteiger partial charge in [-0.3, -0.25) is 9.69 Å². The summed E-state index contributed by atoms with van der Waals surface area (Å²) in [7, 11) is 0. The standard InChI is InChI=1S/C19H21Cl2N3O.ClH/c20-16-7-4-8-17(19(16)21)23-18(25)12-24-10-14(9-22)15(11-24)13-5-2-1-3-6-13;/h1-8,14-15H,9-12,22H2,(H,23,25);1H/t14-,15+;/m1./s1. The Morgan fingerprint density at radius 2 is 1.85 bits per heavy atom. The van der Waals surface area contributed by atoms with Crippen molar-refractivity contribution in [3.05, 3.63) is 64.1 Å². The maximum Gasteiger partial charge on any atom is 0.238 e. The highest BCUT2D eigenvalue weighted by molar-refractivity contribution is 6.44. The number of hydrogen-bond acceptors (Lipinski definition) is 3. The number of benzene rings is 2. The summed E-state index contributed by atoms with van der Waals surface area (Å²) in [5.41, 5.74) is 7.77. The lowest BCUT2D eigenvalue weighted by Gasteiger charge is -2.17. The van der Waals surface area contributed by atoms with Crippen LogP contribution in [0.2, 0.25) is 10.0 Å². The van der Waals surface area contributed by atoms with Gasteiger partial charge in [0.1, 0.15) is 0 Å². The molecule has 26 heavy (non-hydrogen) atoms. The van der Waals surface area contributed by atoms with Gasteiger partial charge in [-0.05, 0) is 30.2 Å². The molecule has 1 aliphatic heterocycles. The van der Waals surface area contributed by atoms with Gasteiger partial charge in [0.05, 0.1) is 22.3 Å². The zero-order valence-electron chi connectivity index (χ0n) is 14.2. The van der Waals surface area contributed by atoms with E-state index in [0.717, 1.165) is 13.1 Å². The largest absolute Gasteiger partial charge is 0.330 e. The van der Waals surface area contributed by atoms with E-state index in [-0.39, 0.29) is 18.3 Å². The van der Waals surface area contributed by atoms with Crippen LogP contribution < -0.4 is 11.1 Å². The van der Waals surface area contributed by atoms with Gasteiger partial charge in [0.2, 0.25) is 5.91 Å². The molecule has 0 radical (unpaired) electrons. The van der Waals surface area contributed by atoms with Crippen molar-refractivity contribution in [3.8, 4) is 0 Å². The Labute approximate surface area is 170 Å². The Kier molecular flexibility index (Phi) is 7.74. The number of likely N-dealkylation sites (tertiary alicyclic amines) is 1. The number of carbonyl (C=O) groups excluding carboxylic acids is 1. The van der Waals surface area contributed by atoms with Crippen molar-refractivity contribution in [2.24, 2.45) is 11.7 Å². The molecular formula is C19H22Cl3N3O. The number of hydrogen-bond donors (Lipinski definition) is 2. The molecule has 0 bridgehead atoms. The lowest BCUT2D eigenvalue weighted by molar-refractivity contribution is -0.117. The fourth-order valence-corrected chi connectivity index (χ4v) is 3.75. The van der Waals surface area contributed by atoms with Gasteiger partial charge in [-0.15, -0.1) is 12.4 Å². The summed E-state index contributed by atoms with van der Waals surface area (Å²) >= 11 is 12.1. The predicted molar refractivity (Wildman–Crippen MR) is 111 cm³/mol. The molecule has 0 aromatic heterocycles. The maximum atomic E-state index is 12.4. The molecule has 0 saturated carbocycles. The van der Waals surface area contributed by atoms with E-state index in [0.29, 0.717) is 40.7 Å². The Bertz CT molecular complexity index is 742. The Hall–Kier alpha value is -1.30. The van der Waals surface area contributed by atoms with Crippen molar-refractivity contribution < 1.29 is 4.79 Å². The number of nitrogens with two attached hydrogens (primary N) is 1. The first kappa shape index (κ1) is 21.0. The molecule has 0 spiro atoms. The van der Waals surface area contributed by atoms with Crippen LogP contribution in [0, 0.1) is 5.92 Å². The van der Waals surface area contributed by atoms with Gasteiger partial charge in [-0.1, -0.05) is 59.6 Å². The minimum absolute atomic E-state index is 0. The van der Waals surface area contributed by atoms with Crippen molar-refractivity contribution in [2.75, 3.05) is 31.5 Å². The molecule has 2 atom stereocenters. The maximum absolute atomic E-state index is 12.4. The Morgan fingerprint density at radius 1 is 1.12 bits per heavy atom. The first-order valence-corrected chi connectivity index (χ1v) is 9.05. The normalized spacial score (nSPS) is 19.8. The SMILES string of the molecule is Cl.NC[C@@H]1CN(CC(=O)Nc2cccc(Cl)c2Cl)C[C@H]1c1ccccc1. The van der Waals surface area contributed by atoms with Crippen LogP contribution in [0.3, 0.4) is 0 Å². The number of anilines is 1. The highest BCUT2D eigenvalue weighted by Gasteiger charge is 2.33. The van der Waals surface area contributed by atoms with Crippen LogP contribution in [-0.4, -0.2) is 37.0 Å². The quantitative estimate of drug-likeness (QED) is 0.776. The molecule has 4 nitrogen and oxygen atoms in total. The summed E-state index contributed by atoms with van der Waals surface area (Å²) in [5, 5.41) is 3.62. The predicted octanol–water partition coefficient (Wildman–Crippen LogP) is 4.03. The van der Waals surface area contributed by atoms with Crippen molar-refractivity contribution >= 4 is 47.2 Å². The average Bonchev–Trinajstić information content (AvgIpc) is 3.02. The first-order valence-electron chi connectivity index (χ1n) is 8.29. The van der Waals surface area contributed by atoms with Gasteiger partial charge >= 0.3 is 0 Å². The number of nitrogens with zero attached hydrogens (tertiary/aromatic N) is 1. The fraction of sp³-hybridized carbons (Fsp3) is 0.316. The van der Waals surface area contributed by atoms with Crippen molar-refractivity contribution in [3.63, 3.8) is 0 Å². The van der Waals surface area contributed by atoms with Gasteiger partial charge < -0.3 is 11.1 Å². The molecule has 7 heteroatoms. The smallest absolute Gasteiger partial charge is 0.238 e. The van der Waals surface area contributed by atoms with Gasteiger partial charge in [0.15, 0.2) is 0 Å². The van der Waals surface area contributed by atoms with E-state index < -0.39 is 0 Å². The second kappa shape index (κ2) is 9.58. The van der Waals surface area contributed by atoms with Gasteiger partial charge in [-0.25, -0.2) is 0 Å². The zero-order chi connectivity index (χ0) is 17.8. The molecule has 2 aromatic carbocycles. The van der Waals surface area contributed by atoms with Gasteiger partial charge in [0.25, 0.3) is 0 Å². The first-order chi connectivity index (χ1) is 12.1. The van der Waals surface area contributed by atoms with E-state index in [2.05, 4.69) is 22.3 Å². The Balaban J connectivity index is 0.00000243. The summed E-state index contributed by atoms with van der Waals surface area (Å²) in [4.78, 5) is 14.5. The third-order valence-electron chi connectivity index (χ3n) is 4.64. The van der Waals surface area contributed by atoms with E-state index in [1.165, 1.54) is 5.56 Å². The topological polar surface area (TPSA) is 58.4 Å². The van der Waals surface area contributed by atoms with Crippen LogP contribution in [0.15, 0.2) is 48.5 Å². The van der Waals surface area contributed by atoms with E-state index in [1.54, 1.807) is 18.2 Å². The molecule has 0 aliphatic carbocycles. The summed E-state index contributed by atoms with van der Waals surface area (Å²) in [6, 6.07) is 15.5. The number of carbonyl (C=O) groups is 1. The molecule has 1 saturated heterocycles. The molecular weight excluding hydrogens is 393 g/mol. The molecule has 0 unspecified atom stereocenters. The molecule has 3 N–H and O–H groups in total. The highest BCUT2D eigenvalue weighted by Crippen LogP contribution is 2.32. The summed E-state index contributed by atoms with van der Waals surface area (Å²) in [6.45, 7) is 2.55. The van der Waals surface area contributed by atoms with Crippen molar-refractivity contribution in [2.45, 2.75) is 5.92 Å². The van der Waals surface area contributed by atoms with Gasteiger partial charge in [-0.2, -0.15) is 0 Å². The number of rotatable bonds is 5. The second-order valence-corrected chi connectivity index (χ2v) is 7.14. The minimum Gasteiger partial charge on any atom is -0.330 e.